The Morgan fingerprint density at radius 1 is 0.667 bits per heavy atom. The third kappa shape index (κ3) is 23.2. The summed E-state index contributed by atoms with van der Waals surface area (Å²) in [6.45, 7) is 3.16. The predicted octanol–water partition coefficient (Wildman–Crippen LogP) is 5.83. The van der Waals surface area contributed by atoms with Gasteiger partial charge in [0.2, 0.25) is 5.91 Å². The van der Waals surface area contributed by atoms with E-state index in [4.69, 9.17) is 9.47 Å². The van der Waals surface area contributed by atoms with Crippen LogP contribution in [-0.2, 0) is 14.3 Å². The fourth-order valence-electron chi connectivity index (χ4n) is 6.35. The van der Waals surface area contributed by atoms with Gasteiger partial charge in [-0.1, -0.05) is 113 Å². The van der Waals surface area contributed by atoms with E-state index in [-0.39, 0.29) is 12.8 Å². The van der Waals surface area contributed by atoms with Crippen molar-refractivity contribution in [1.29, 1.82) is 0 Å². The van der Waals surface area contributed by atoms with E-state index < -0.39 is 74.2 Å². The van der Waals surface area contributed by atoms with Crippen LogP contribution in [0.4, 0.5) is 0 Å². The number of rotatable bonds is 33. The van der Waals surface area contributed by atoms with E-state index in [0.717, 1.165) is 57.8 Å². The first-order chi connectivity index (χ1) is 26.2. The summed E-state index contributed by atoms with van der Waals surface area (Å²) in [5.74, 6) is -0.726. The summed E-state index contributed by atoms with van der Waals surface area (Å²) in [4.78, 5) is 13.0. The van der Waals surface area contributed by atoms with Crippen LogP contribution < -0.4 is 5.32 Å². The maximum Gasteiger partial charge on any atom is 0.249 e. The lowest BCUT2D eigenvalue weighted by Crippen LogP contribution is -2.60. The summed E-state index contributed by atoms with van der Waals surface area (Å²) >= 11 is 0. The van der Waals surface area contributed by atoms with Crippen molar-refractivity contribution in [3.05, 3.63) is 48.6 Å². The molecule has 0 aromatic heterocycles. The molecular weight excluding hydrogens is 690 g/mol. The summed E-state index contributed by atoms with van der Waals surface area (Å²) < 4.78 is 11.0. The van der Waals surface area contributed by atoms with Crippen molar-refractivity contribution in [1.82, 2.24) is 5.32 Å². The lowest BCUT2D eigenvalue weighted by Gasteiger charge is -2.40. The van der Waals surface area contributed by atoms with Crippen LogP contribution in [-0.4, -0.2) is 110 Å². The molecule has 0 bridgehead atoms. The first-order valence-corrected chi connectivity index (χ1v) is 21.0. The molecule has 1 amide bonds. The molecule has 9 atom stereocenters. The van der Waals surface area contributed by atoms with Crippen LogP contribution in [0.2, 0.25) is 0 Å². The predicted molar refractivity (Wildman–Crippen MR) is 215 cm³/mol. The highest BCUT2D eigenvalue weighted by Gasteiger charge is 2.44. The standard InChI is InChI=1S/C43H77NO10/c1-3-5-7-9-11-13-15-17-18-19-21-23-25-27-29-31-36(47)42(52)44-34(33-53-43-41(51)40(50)39(49)37(32-45)54-43)38(48)35(46)30-28-26-24-22-20-16-14-12-10-8-6-4-2/h4,6,12,14,18-19,22,24,34-41,43,45-51H,3,5,7-11,13,15-17,20-21,23,25-33H2,1-2H3,(H,44,52)/b6-4+,14-12+,19-18-,24-22+. The zero-order valence-corrected chi connectivity index (χ0v) is 33.4. The quantitative estimate of drug-likeness (QED) is 0.0298. The summed E-state index contributed by atoms with van der Waals surface area (Å²) in [5.41, 5.74) is 0. The van der Waals surface area contributed by atoms with Gasteiger partial charge in [-0.2, -0.15) is 0 Å². The number of amides is 1. The number of aliphatic hydroxyl groups is 7. The van der Waals surface area contributed by atoms with Gasteiger partial charge in [0.05, 0.1) is 25.4 Å². The Balaban J connectivity index is 2.55. The third-order valence-corrected chi connectivity index (χ3v) is 9.90. The van der Waals surface area contributed by atoms with Crippen LogP contribution >= 0.6 is 0 Å². The van der Waals surface area contributed by atoms with Gasteiger partial charge in [0.1, 0.15) is 36.6 Å². The molecule has 0 saturated carbocycles. The fraction of sp³-hybridized carbons (Fsp3) is 0.791. The molecule has 1 rings (SSSR count). The summed E-state index contributed by atoms with van der Waals surface area (Å²) in [7, 11) is 0. The molecule has 1 saturated heterocycles. The number of hydrogen-bond acceptors (Lipinski definition) is 10. The number of aliphatic hydroxyl groups excluding tert-OH is 7. The Bertz CT molecular complexity index is 1020. The van der Waals surface area contributed by atoms with Gasteiger partial charge >= 0.3 is 0 Å². The first kappa shape index (κ1) is 50.1. The molecule has 1 fully saturated rings. The molecule has 11 heteroatoms. The lowest BCUT2D eigenvalue weighted by atomic mass is 9.98. The summed E-state index contributed by atoms with van der Waals surface area (Å²) in [5, 5.41) is 75.3. The highest BCUT2D eigenvalue weighted by molar-refractivity contribution is 5.80. The summed E-state index contributed by atoms with van der Waals surface area (Å²) in [6.07, 6.45) is 26.1. The van der Waals surface area contributed by atoms with Gasteiger partial charge in [-0.15, -0.1) is 0 Å². The molecule has 0 aromatic carbocycles. The van der Waals surface area contributed by atoms with E-state index in [1.54, 1.807) is 0 Å². The normalized spacial score (nSPS) is 23.2. The average molecular weight is 768 g/mol. The minimum atomic E-state index is -1.67. The van der Waals surface area contributed by atoms with Crippen LogP contribution in [0.5, 0.6) is 0 Å². The Morgan fingerprint density at radius 2 is 1.19 bits per heavy atom. The molecule has 0 aromatic rings. The number of carbonyl (C=O) groups excluding carboxylic acids is 1. The minimum absolute atomic E-state index is 0.233. The molecule has 11 nitrogen and oxygen atoms in total. The fourth-order valence-corrected chi connectivity index (χ4v) is 6.35. The van der Waals surface area contributed by atoms with Crippen LogP contribution in [0.1, 0.15) is 149 Å². The maximum absolute atomic E-state index is 13.0. The van der Waals surface area contributed by atoms with E-state index >= 15 is 0 Å². The molecule has 1 heterocycles. The van der Waals surface area contributed by atoms with Crippen LogP contribution in [0.25, 0.3) is 0 Å². The zero-order chi connectivity index (χ0) is 39.8. The van der Waals surface area contributed by atoms with Crippen molar-refractivity contribution in [2.45, 2.75) is 204 Å². The van der Waals surface area contributed by atoms with E-state index in [1.807, 2.05) is 19.1 Å². The number of nitrogens with one attached hydrogen (secondary N) is 1. The van der Waals surface area contributed by atoms with Gasteiger partial charge in [0.15, 0.2) is 6.29 Å². The monoisotopic (exact) mass is 768 g/mol. The van der Waals surface area contributed by atoms with Crippen molar-refractivity contribution in [2.75, 3.05) is 13.2 Å². The average Bonchev–Trinajstić information content (AvgIpc) is 3.17. The Hall–Kier alpha value is -1.93. The highest BCUT2D eigenvalue weighted by Crippen LogP contribution is 2.23. The number of hydrogen-bond donors (Lipinski definition) is 8. The van der Waals surface area contributed by atoms with Gasteiger partial charge in [-0.25, -0.2) is 0 Å². The third-order valence-electron chi connectivity index (χ3n) is 9.90. The second-order valence-corrected chi connectivity index (χ2v) is 14.7. The molecule has 1 aliphatic heterocycles. The van der Waals surface area contributed by atoms with Crippen molar-refractivity contribution in [2.24, 2.45) is 0 Å². The SMILES string of the molecule is C/C=C/CC/C=C/CC/C=C/CCCC(O)C(O)C(COC1OC(CO)C(O)C(O)C1O)NC(=O)C(O)CCCCCC/C=C\CCCCCCCCC. The van der Waals surface area contributed by atoms with Gasteiger partial charge in [-0.05, 0) is 84.0 Å². The van der Waals surface area contributed by atoms with E-state index in [9.17, 15) is 40.5 Å². The molecule has 1 aliphatic rings. The van der Waals surface area contributed by atoms with Crippen LogP contribution in [0.15, 0.2) is 48.6 Å². The Kier molecular flexibility index (Phi) is 30.8. The molecule has 54 heavy (non-hydrogen) atoms. The van der Waals surface area contributed by atoms with E-state index in [1.165, 1.54) is 44.9 Å². The van der Waals surface area contributed by atoms with Gasteiger partial charge in [-0.3, -0.25) is 4.79 Å². The molecule has 0 radical (unpaired) electrons. The Morgan fingerprint density at radius 3 is 1.76 bits per heavy atom. The zero-order valence-electron chi connectivity index (χ0n) is 33.4. The van der Waals surface area contributed by atoms with Gasteiger partial charge < -0.3 is 50.5 Å². The highest BCUT2D eigenvalue weighted by atomic mass is 16.7. The lowest BCUT2D eigenvalue weighted by molar-refractivity contribution is -0.303. The smallest absolute Gasteiger partial charge is 0.249 e. The molecule has 8 N–H and O–H groups in total. The molecular formula is C43H77NO10. The van der Waals surface area contributed by atoms with E-state index in [0.29, 0.717) is 19.3 Å². The Labute approximate surface area is 326 Å². The number of ether oxygens (including phenoxy) is 2. The largest absolute Gasteiger partial charge is 0.394 e. The van der Waals surface area contributed by atoms with Gasteiger partial charge in [0, 0.05) is 0 Å². The molecule has 314 valence electrons. The summed E-state index contributed by atoms with van der Waals surface area (Å²) in [6, 6.07) is -1.20. The second-order valence-electron chi connectivity index (χ2n) is 14.7. The van der Waals surface area contributed by atoms with Crippen molar-refractivity contribution in [3.8, 4) is 0 Å². The first-order valence-electron chi connectivity index (χ1n) is 21.0. The number of carbonyl (C=O) groups is 1. The maximum atomic E-state index is 13.0. The van der Waals surface area contributed by atoms with Crippen LogP contribution in [0, 0.1) is 0 Å². The molecule has 9 unspecified atom stereocenters. The van der Waals surface area contributed by atoms with Crippen LogP contribution in [0.3, 0.4) is 0 Å². The van der Waals surface area contributed by atoms with Crippen molar-refractivity contribution >= 4 is 5.91 Å². The number of allylic oxidation sites excluding steroid dienone is 8. The van der Waals surface area contributed by atoms with E-state index in [2.05, 4.69) is 48.7 Å². The topological polar surface area (TPSA) is 189 Å². The minimum Gasteiger partial charge on any atom is -0.394 e. The second kappa shape index (κ2) is 33.2. The van der Waals surface area contributed by atoms with Crippen molar-refractivity contribution in [3.63, 3.8) is 0 Å². The molecule has 0 spiro atoms. The number of unbranched alkanes of at least 4 members (excludes halogenated alkanes) is 14. The van der Waals surface area contributed by atoms with Crippen molar-refractivity contribution < 1.29 is 50.0 Å². The molecule has 0 aliphatic carbocycles. The van der Waals surface area contributed by atoms with Gasteiger partial charge in [0.25, 0.3) is 0 Å².